The van der Waals surface area contributed by atoms with E-state index in [9.17, 15) is 4.79 Å². The van der Waals surface area contributed by atoms with Crippen molar-refractivity contribution in [3.05, 3.63) is 12.4 Å². The molecule has 1 fully saturated rings. The molecule has 6 nitrogen and oxygen atoms in total. The molecule has 1 saturated carbocycles. The second-order valence-electron chi connectivity index (χ2n) is 5.96. The predicted octanol–water partition coefficient (Wildman–Crippen LogP) is 1.43. The third-order valence-corrected chi connectivity index (χ3v) is 4.32. The molecule has 1 aromatic heterocycles. The minimum atomic E-state index is -0.275. The van der Waals surface area contributed by atoms with Crippen LogP contribution in [0.1, 0.15) is 39.5 Å². The second kappa shape index (κ2) is 7.04. The number of rotatable bonds is 8. The Morgan fingerprint density at radius 1 is 1.48 bits per heavy atom. The number of nitrogens with two attached hydrogens (primary N) is 1. The summed E-state index contributed by atoms with van der Waals surface area (Å²) in [5.41, 5.74) is 6.56. The Morgan fingerprint density at radius 2 is 2.19 bits per heavy atom. The summed E-state index contributed by atoms with van der Waals surface area (Å²) in [5, 5.41) is 7.17. The highest BCUT2D eigenvalue weighted by molar-refractivity contribution is 5.91. The topological polar surface area (TPSA) is 76.2 Å². The quantitative estimate of drug-likeness (QED) is 0.760. The summed E-state index contributed by atoms with van der Waals surface area (Å²) in [6, 6.07) is 0. The van der Waals surface area contributed by atoms with Gasteiger partial charge in [0.05, 0.1) is 18.4 Å². The zero-order valence-electron chi connectivity index (χ0n) is 13.1. The molecule has 0 radical (unpaired) electrons. The number of hydrogen-bond donors (Lipinski definition) is 2. The molecule has 1 amide bonds. The predicted molar refractivity (Wildman–Crippen MR) is 84.0 cm³/mol. The highest BCUT2D eigenvalue weighted by Gasteiger charge is 2.34. The molecule has 2 rings (SSSR count). The fourth-order valence-electron chi connectivity index (χ4n) is 2.67. The van der Waals surface area contributed by atoms with Gasteiger partial charge in [0.25, 0.3) is 0 Å². The monoisotopic (exact) mass is 293 g/mol. The molecule has 0 bridgehead atoms. The first kappa shape index (κ1) is 16.0. The first-order chi connectivity index (χ1) is 10.0. The summed E-state index contributed by atoms with van der Waals surface area (Å²) in [5.74, 6) is -0.0134. The van der Waals surface area contributed by atoms with E-state index in [1.165, 1.54) is 0 Å². The van der Waals surface area contributed by atoms with Crippen LogP contribution in [0.25, 0.3) is 0 Å². The summed E-state index contributed by atoms with van der Waals surface area (Å²) in [7, 11) is 0. The van der Waals surface area contributed by atoms with Crippen LogP contribution in [0, 0.1) is 0 Å². The van der Waals surface area contributed by atoms with E-state index in [1.807, 2.05) is 10.9 Å². The van der Waals surface area contributed by atoms with Crippen molar-refractivity contribution in [3.8, 4) is 0 Å². The van der Waals surface area contributed by atoms with Crippen LogP contribution in [0.5, 0.6) is 0 Å². The Morgan fingerprint density at radius 3 is 2.76 bits per heavy atom. The number of nitrogens with zero attached hydrogens (tertiary/aromatic N) is 3. The van der Waals surface area contributed by atoms with E-state index in [-0.39, 0.29) is 11.4 Å². The highest BCUT2D eigenvalue weighted by Crippen LogP contribution is 2.32. The van der Waals surface area contributed by atoms with Crippen molar-refractivity contribution in [2.45, 2.75) is 51.6 Å². The third kappa shape index (κ3) is 4.54. The number of hydrogen-bond acceptors (Lipinski definition) is 4. The molecule has 1 aliphatic rings. The van der Waals surface area contributed by atoms with Crippen molar-refractivity contribution in [2.75, 3.05) is 25.0 Å². The maximum atomic E-state index is 12.0. The normalized spacial score (nSPS) is 16.8. The fourth-order valence-corrected chi connectivity index (χ4v) is 2.67. The van der Waals surface area contributed by atoms with Crippen LogP contribution in [0.4, 0.5) is 5.69 Å². The molecule has 1 aliphatic carbocycles. The van der Waals surface area contributed by atoms with Crippen LogP contribution in [0.3, 0.4) is 0 Å². The lowest BCUT2D eigenvalue weighted by Crippen LogP contribution is -2.48. The lowest BCUT2D eigenvalue weighted by Gasteiger charge is -2.37. The molecule has 1 aromatic rings. The highest BCUT2D eigenvalue weighted by atomic mass is 16.1. The van der Waals surface area contributed by atoms with Crippen molar-refractivity contribution < 1.29 is 4.79 Å². The third-order valence-electron chi connectivity index (χ3n) is 4.32. The van der Waals surface area contributed by atoms with Gasteiger partial charge in [0.2, 0.25) is 5.91 Å². The molecule has 0 aromatic carbocycles. The molecule has 0 atom stereocenters. The number of carbonyl (C=O) groups excluding carboxylic acids is 1. The van der Waals surface area contributed by atoms with E-state index in [0.717, 1.165) is 51.1 Å². The Kier molecular flexibility index (Phi) is 5.36. The molecule has 21 heavy (non-hydrogen) atoms. The zero-order valence-corrected chi connectivity index (χ0v) is 13.1. The Labute approximate surface area is 126 Å². The average molecular weight is 293 g/mol. The number of likely N-dealkylation sites (N-methyl/N-ethyl adjacent to an activating group) is 1. The van der Waals surface area contributed by atoms with Crippen molar-refractivity contribution in [3.63, 3.8) is 0 Å². The van der Waals surface area contributed by atoms with Gasteiger partial charge in [0, 0.05) is 24.7 Å². The van der Waals surface area contributed by atoms with Crippen LogP contribution in [-0.4, -0.2) is 45.8 Å². The average Bonchev–Trinajstić information content (AvgIpc) is 2.85. The second-order valence-corrected chi connectivity index (χ2v) is 5.96. The summed E-state index contributed by atoms with van der Waals surface area (Å²) in [6.45, 7) is 8.19. The van der Waals surface area contributed by atoms with E-state index in [0.29, 0.717) is 6.42 Å². The Hall–Kier alpha value is -1.40. The maximum absolute atomic E-state index is 12.0. The van der Waals surface area contributed by atoms with Gasteiger partial charge in [0.15, 0.2) is 0 Å². The summed E-state index contributed by atoms with van der Waals surface area (Å²) in [6.07, 6.45) is 7.01. The number of aromatic nitrogens is 2. The molecular formula is C15H27N5O. The van der Waals surface area contributed by atoms with Crippen molar-refractivity contribution >= 4 is 11.6 Å². The molecule has 0 spiro atoms. The van der Waals surface area contributed by atoms with Gasteiger partial charge in [-0.25, -0.2) is 0 Å². The summed E-state index contributed by atoms with van der Waals surface area (Å²) >= 11 is 0. The zero-order chi connectivity index (χ0) is 15.3. The van der Waals surface area contributed by atoms with Crippen LogP contribution in [-0.2, 0) is 11.3 Å². The van der Waals surface area contributed by atoms with Crippen LogP contribution in [0.15, 0.2) is 12.4 Å². The van der Waals surface area contributed by atoms with Gasteiger partial charge in [-0.05, 0) is 32.4 Å². The van der Waals surface area contributed by atoms with E-state index in [4.69, 9.17) is 5.73 Å². The van der Waals surface area contributed by atoms with Crippen LogP contribution < -0.4 is 11.1 Å². The first-order valence-corrected chi connectivity index (χ1v) is 7.88. The van der Waals surface area contributed by atoms with Gasteiger partial charge < -0.3 is 16.0 Å². The molecule has 118 valence electrons. The van der Waals surface area contributed by atoms with Crippen molar-refractivity contribution in [1.29, 1.82) is 0 Å². The Bertz CT molecular complexity index is 462. The fraction of sp³-hybridized carbons (Fsp3) is 0.733. The standard InChI is InChI=1S/C15H27N5O/c1-3-19(4-2)8-9-20-12-13(11-17-20)18-14(21)10-15(16)6-5-7-15/h11-12H,3-10,16H2,1-2H3,(H,18,21). The van der Waals surface area contributed by atoms with E-state index in [1.54, 1.807) is 6.20 Å². The number of anilines is 1. The lowest BCUT2D eigenvalue weighted by atomic mass is 9.75. The van der Waals surface area contributed by atoms with Gasteiger partial charge >= 0.3 is 0 Å². The van der Waals surface area contributed by atoms with Gasteiger partial charge in [0.1, 0.15) is 0 Å². The Balaban J connectivity index is 1.78. The van der Waals surface area contributed by atoms with Crippen LogP contribution in [0.2, 0.25) is 0 Å². The first-order valence-electron chi connectivity index (χ1n) is 7.88. The van der Waals surface area contributed by atoms with Crippen molar-refractivity contribution in [1.82, 2.24) is 14.7 Å². The largest absolute Gasteiger partial charge is 0.325 e. The lowest BCUT2D eigenvalue weighted by molar-refractivity contribution is -0.118. The number of nitrogens with one attached hydrogen (secondary N) is 1. The molecule has 1 heterocycles. The van der Waals surface area contributed by atoms with Crippen LogP contribution >= 0.6 is 0 Å². The number of amides is 1. The van der Waals surface area contributed by atoms with Gasteiger partial charge in [-0.3, -0.25) is 9.48 Å². The summed E-state index contributed by atoms with van der Waals surface area (Å²) < 4.78 is 1.87. The summed E-state index contributed by atoms with van der Waals surface area (Å²) in [4.78, 5) is 14.3. The van der Waals surface area contributed by atoms with Crippen molar-refractivity contribution in [2.24, 2.45) is 5.73 Å². The minimum Gasteiger partial charge on any atom is -0.325 e. The van der Waals surface area contributed by atoms with Gasteiger partial charge in [-0.15, -0.1) is 0 Å². The van der Waals surface area contributed by atoms with E-state index in [2.05, 4.69) is 29.2 Å². The number of carbonyl (C=O) groups is 1. The smallest absolute Gasteiger partial charge is 0.226 e. The van der Waals surface area contributed by atoms with Gasteiger partial charge in [-0.2, -0.15) is 5.10 Å². The van der Waals surface area contributed by atoms with E-state index < -0.39 is 0 Å². The minimum absolute atomic E-state index is 0.0134. The SMILES string of the molecule is CCN(CC)CCn1cc(NC(=O)CC2(N)CCC2)cn1. The molecular weight excluding hydrogens is 266 g/mol. The molecule has 3 N–H and O–H groups in total. The molecule has 0 unspecified atom stereocenters. The molecule has 0 aliphatic heterocycles. The maximum Gasteiger partial charge on any atom is 0.226 e. The van der Waals surface area contributed by atoms with Gasteiger partial charge in [-0.1, -0.05) is 13.8 Å². The molecule has 0 saturated heterocycles. The van der Waals surface area contributed by atoms with E-state index >= 15 is 0 Å². The molecule has 6 heteroatoms.